The molecule has 0 bridgehead atoms. The molecule has 0 amide bonds. The Kier molecular flexibility index (Phi) is 4.81. The summed E-state index contributed by atoms with van der Waals surface area (Å²) in [7, 11) is 1.59. The van der Waals surface area contributed by atoms with E-state index in [9.17, 15) is 5.11 Å². The largest absolute Gasteiger partial charge is 0.481 e. The minimum absolute atomic E-state index is 0.496. The first-order chi connectivity index (χ1) is 9.54. The fraction of sp³-hybridized carbons (Fsp3) is 0.733. The van der Waals surface area contributed by atoms with Crippen LogP contribution in [0.5, 0.6) is 5.88 Å². The summed E-state index contributed by atoms with van der Waals surface area (Å²) in [5, 5.41) is 13.7. The van der Waals surface area contributed by atoms with Gasteiger partial charge >= 0.3 is 0 Å². The monoisotopic (exact) mass is 279 g/mol. The lowest BCUT2D eigenvalue weighted by Crippen LogP contribution is -2.40. The minimum Gasteiger partial charge on any atom is -0.481 e. The van der Waals surface area contributed by atoms with Crippen molar-refractivity contribution < 1.29 is 9.84 Å². The molecule has 1 fully saturated rings. The molecule has 0 aliphatic heterocycles. The number of ether oxygens (including phenoxy) is 1. The molecule has 1 aliphatic carbocycles. The zero-order chi connectivity index (χ0) is 14.6. The molecule has 2 N–H and O–H groups in total. The second-order valence-electron chi connectivity index (χ2n) is 5.80. The maximum atomic E-state index is 10.6. The number of hydrogen-bond acceptors (Lipinski definition) is 5. The quantitative estimate of drug-likeness (QED) is 0.867. The number of nitrogens with one attached hydrogen (secondary N) is 1. The highest BCUT2D eigenvalue weighted by Crippen LogP contribution is 2.33. The Bertz CT molecular complexity index is 443. The minimum atomic E-state index is -0.633. The zero-order valence-corrected chi connectivity index (χ0v) is 12.6. The van der Waals surface area contributed by atoms with E-state index < -0.39 is 5.60 Å². The van der Waals surface area contributed by atoms with Crippen LogP contribution in [0.15, 0.2) is 6.07 Å². The standard InChI is InChI=1S/C15H25N3O2/c1-4-12-5-7-15(19,8-6-12)10-16-14-17-11(2)9-13(18-14)20-3/h9,12,19H,4-8,10H2,1-3H3,(H,16,17,18). The van der Waals surface area contributed by atoms with Crippen molar-refractivity contribution in [2.75, 3.05) is 19.0 Å². The summed E-state index contributed by atoms with van der Waals surface area (Å²) in [5.74, 6) is 1.83. The molecule has 0 aromatic carbocycles. The van der Waals surface area contributed by atoms with Gasteiger partial charge in [-0.2, -0.15) is 4.98 Å². The van der Waals surface area contributed by atoms with Crippen molar-refractivity contribution >= 4 is 5.95 Å². The molecule has 1 heterocycles. The van der Waals surface area contributed by atoms with Crippen molar-refractivity contribution in [3.05, 3.63) is 11.8 Å². The summed E-state index contributed by atoms with van der Waals surface area (Å²) in [6, 6.07) is 1.78. The highest BCUT2D eigenvalue weighted by molar-refractivity contribution is 5.31. The lowest BCUT2D eigenvalue weighted by Gasteiger charge is -2.35. The number of aryl methyl sites for hydroxylation is 1. The highest BCUT2D eigenvalue weighted by Gasteiger charge is 2.32. The zero-order valence-electron chi connectivity index (χ0n) is 12.6. The Labute approximate surface area is 120 Å². The first kappa shape index (κ1) is 15.0. The van der Waals surface area contributed by atoms with Crippen LogP contribution in [0.4, 0.5) is 5.95 Å². The smallest absolute Gasteiger partial charge is 0.226 e. The van der Waals surface area contributed by atoms with Crippen molar-refractivity contribution in [3.63, 3.8) is 0 Å². The van der Waals surface area contributed by atoms with E-state index >= 15 is 0 Å². The molecule has 1 aliphatic rings. The number of nitrogens with zero attached hydrogens (tertiary/aromatic N) is 2. The lowest BCUT2D eigenvalue weighted by molar-refractivity contribution is 0.00215. The number of rotatable bonds is 5. The first-order valence-corrected chi connectivity index (χ1v) is 7.40. The Balaban J connectivity index is 1.93. The molecule has 0 saturated heterocycles. The van der Waals surface area contributed by atoms with E-state index in [1.165, 1.54) is 6.42 Å². The Hall–Kier alpha value is -1.36. The number of methoxy groups -OCH3 is 1. The van der Waals surface area contributed by atoms with Crippen molar-refractivity contribution in [2.24, 2.45) is 5.92 Å². The molecule has 5 nitrogen and oxygen atoms in total. The van der Waals surface area contributed by atoms with Crippen LogP contribution < -0.4 is 10.1 Å². The topological polar surface area (TPSA) is 67.3 Å². The van der Waals surface area contributed by atoms with E-state index in [0.29, 0.717) is 18.4 Å². The second kappa shape index (κ2) is 6.39. The van der Waals surface area contributed by atoms with Gasteiger partial charge in [-0.05, 0) is 38.5 Å². The predicted molar refractivity (Wildman–Crippen MR) is 79.0 cm³/mol. The van der Waals surface area contributed by atoms with Gasteiger partial charge in [-0.25, -0.2) is 4.98 Å². The maximum absolute atomic E-state index is 10.6. The lowest BCUT2D eigenvalue weighted by atomic mass is 9.78. The van der Waals surface area contributed by atoms with Crippen LogP contribution in [0.1, 0.15) is 44.7 Å². The van der Waals surface area contributed by atoms with Crippen LogP contribution in [0.3, 0.4) is 0 Å². The van der Waals surface area contributed by atoms with Crippen molar-refractivity contribution in [1.29, 1.82) is 0 Å². The van der Waals surface area contributed by atoms with Crippen LogP contribution in [-0.4, -0.2) is 34.3 Å². The molecule has 1 saturated carbocycles. The van der Waals surface area contributed by atoms with Gasteiger partial charge in [-0.15, -0.1) is 0 Å². The van der Waals surface area contributed by atoms with Crippen LogP contribution in [0, 0.1) is 12.8 Å². The van der Waals surface area contributed by atoms with Crippen molar-refractivity contribution in [3.8, 4) is 5.88 Å². The molecular formula is C15H25N3O2. The molecule has 5 heteroatoms. The van der Waals surface area contributed by atoms with E-state index in [4.69, 9.17) is 4.74 Å². The Morgan fingerprint density at radius 1 is 1.40 bits per heavy atom. The van der Waals surface area contributed by atoms with Gasteiger partial charge in [-0.3, -0.25) is 0 Å². The molecule has 0 spiro atoms. The third-order valence-electron chi connectivity index (χ3n) is 4.23. The van der Waals surface area contributed by atoms with Gasteiger partial charge in [0, 0.05) is 18.3 Å². The fourth-order valence-electron chi connectivity index (χ4n) is 2.77. The molecule has 1 aromatic heterocycles. The molecule has 112 valence electrons. The van der Waals surface area contributed by atoms with E-state index in [1.54, 1.807) is 13.2 Å². The van der Waals surface area contributed by atoms with Gasteiger partial charge in [-0.1, -0.05) is 13.3 Å². The van der Waals surface area contributed by atoms with Crippen LogP contribution in [-0.2, 0) is 0 Å². The molecular weight excluding hydrogens is 254 g/mol. The summed E-state index contributed by atoms with van der Waals surface area (Å²) in [5.41, 5.74) is 0.215. The molecule has 20 heavy (non-hydrogen) atoms. The number of aliphatic hydroxyl groups is 1. The summed E-state index contributed by atoms with van der Waals surface area (Å²) < 4.78 is 5.13. The van der Waals surface area contributed by atoms with Crippen LogP contribution >= 0.6 is 0 Å². The summed E-state index contributed by atoms with van der Waals surface area (Å²) in [6.45, 7) is 4.62. The van der Waals surface area contributed by atoms with Crippen molar-refractivity contribution in [2.45, 2.75) is 51.6 Å². The molecule has 0 radical (unpaired) electrons. The van der Waals surface area contributed by atoms with Gasteiger partial charge in [0.15, 0.2) is 0 Å². The van der Waals surface area contributed by atoms with Crippen LogP contribution in [0.2, 0.25) is 0 Å². The molecule has 0 atom stereocenters. The fourth-order valence-corrected chi connectivity index (χ4v) is 2.77. The maximum Gasteiger partial charge on any atom is 0.226 e. The van der Waals surface area contributed by atoms with E-state index in [2.05, 4.69) is 22.2 Å². The third kappa shape index (κ3) is 3.82. The SMILES string of the molecule is CCC1CCC(O)(CNc2nc(C)cc(OC)n2)CC1. The summed E-state index contributed by atoms with van der Waals surface area (Å²) in [4.78, 5) is 8.56. The number of anilines is 1. The summed E-state index contributed by atoms with van der Waals surface area (Å²) in [6.07, 6.45) is 5.12. The second-order valence-corrected chi connectivity index (χ2v) is 5.80. The Morgan fingerprint density at radius 3 is 2.70 bits per heavy atom. The predicted octanol–water partition coefficient (Wildman–Crippen LogP) is 2.54. The first-order valence-electron chi connectivity index (χ1n) is 7.40. The molecule has 1 aromatic rings. The Morgan fingerprint density at radius 2 is 2.10 bits per heavy atom. The third-order valence-corrected chi connectivity index (χ3v) is 4.23. The van der Waals surface area contributed by atoms with Crippen LogP contribution in [0.25, 0.3) is 0 Å². The molecule has 2 rings (SSSR count). The molecule has 0 unspecified atom stereocenters. The summed E-state index contributed by atoms with van der Waals surface area (Å²) >= 11 is 0. The normalized spacial score (nSPS) is 26.3. The highest BCUT2D eigenvalue weighted by atomic mass is 16.5. The number of hydrogen-bond donors (Lipinski definition) is 2. The number of aromatic nitrogens is 2. The van der Waals surface area contributed by atoms with Gasteiger partial charge in [0.2, 0.25) is 11.8 Å². The van der Waals surface area contributed by atoms with E-state index in [1.807, 2.05) is 6.92 Å². The average molecular weight is 279 g/mol. The van der Waals surface area contributed by atoms with E-state index in [0.717, 1.165) is 37.3 Å². The van der Waals surface area contributed by atoms with Gasteiger partial charge in [0.1, 0.15) is 0 Å². The van der Waals surface area contributed by atoms with Crippen molar-refractivity contribution in [1.82, 2.24) is 9.97 Å². The van der Waals surface area contributed by atoms with Gasteiger partial charge < -0.3 is 15.2 Å². The van der Waals surface area contributed by atoms with E-state index in [-0.39, 0.29) is 0 Å². The average Bonchev–Trinajstić information content (AvgIpc) is 2.45. The van der Waals surface area contributed by atoms with Gasteiger partial charge in [0.05, 0.1) is 12.7 Å². The van der Waals surface area contributed by atoms with Gasteiger partial charge in [0.25, 0.3) is 0 Å².